The maximum Gasteiger partial charge on any atom is 0.254 e. The van der Waals surface area contributed by atoms with Crippen LogP contribution >= 0.6 is 0 Å². The van der Waals surface area contributed by atoms with Gasteiger partial charge in [-0.1, -0.05) is 13.3 Å². The maximum absolute atomic E-state index is 11.4. The van der Waals surface area contributed by atoms with Crippen molar-refractivity contribution in [1.82, 2.24) is 4.90 Å². The molecule has 4 nitrogen and oxygen atoms in total. The topological polar surface area (TPSA) is 49.9 Å². The molecule has 0 aromatic rings. The lowest BCUT2D eigenvalue weighted by molar-refractivity contribution is -0.130. The summed E-state index contributed by atoms with van der Waals surface area (Å²) in [6, 6.07) is 0. The Morgan fingerprint density at radius 3 is 2.43 bits per heavy atom. The second kappa shape index (κ2) is 4.55. The number of amides is 1. The summed E-state index contributed by atoms with van der Waals surface area (Å²) in [4.78, 5) is 24.2. The number of hydrogen-bond donors (Lipinski definition) is 0. The molecule has 1 aliphatic rings. The molecule has 1 amide bonds. The smallest absolute Gasteiger partial charge is 0.254 e. The van der Waals surface area contributed by atoms with Crippen LogP contribution < -0.4 is 0 Å². The molecule has 0 spiro atoms. The Morgan fingerprint density at radius 2 is 1.93 bits per heavy atom. The molecule has 80 valence electrons. The standard InChI is InChI=1S/C10H17NO3/c1-4-5-6-7(12)8-9(14-8)10(13)11(2)3/h8-9H,4-6H2,1-3H3/t8-,9-/m1/s1. The van der Waals surface area contributed by atoms with Gasteiger partial charge in [0.25, 0.3) is 5.91 Å². The van der Waals surface area contributed by atoms with Crippen molar-refractivity contribution in [3.05, 3.63) is 0 Å². The second-order valence-electron chi connectivity index (χ2n) is 3.78. The summed E-state index contributed by atoms with van der Waals surface area (Å²) in [7, 11) is 3.33. The quantitative estimate of drug-likeness (QED) is 0.609. The fraction of sp³-hybridized carbons (Fsp3) is 0.800. The van der Waals surface area contributed by atoms with Crippen LogP contribution in [0.1, 0.15) is 26.2 Å². The average Bonchev–Trinajstić information content (AvgIpc) is 2.92. The number of ether oxygens (including phenoxy) is 1. The first-order chi connectivity index (χ1) is 6.57. The van der Waals surface area contributed by atoms with Gasteiger partial charge in [0.05, 0.1) is 0 Å². The van der Waals surface area contributed by atoms with Gasteiger partial charge in [0.1, 0.15) is 0 Å². The van der Waals surface area contributed by atoms with Crippen LogP contribution in [0.2, 0.25) is 0 Å². The fourth-order valence-corrected chi connectivity index (χ4v) is 1.29. The van der Waals surface area contributed by atoms with Gasteiger partial charge < -0.3 is 9.64 Å². The van der Waals surface area contributed by atoms with Gasteiger partial charge >= 0.3 is 0 Å². The third-order valence-electron chi connectivity index (χ3n) is 2.27. The molecule has 0 N–H and O–H groups in total. The Morgan fingerprint density at radius 1 is 1.29 bits per heavy atom. The molecule has 2 atom stereocenters. The molecule has 0 saturated carbocycles. The van der Waals surface area contributed by atoms with Crippen LogP contribution in [0, 0.1) is 0 Å². The van der Waals surface area contributed by atoms with Crippen LogP contribution in [0.3, 0.4) is 0 Å². The molecule has 0 unspecified atom stereocenters. The number of epoxide rings is 1. The molecule has 0 aliphatic carbocycles. The van der Waals surface area contributed by atoms with Gasteiger partial charge in [-0.15, -0.1) is 0 Å². The second-order valence-corrected chi connectivity index (χ2v) is 3.78. The SMILES string of the molecule is CCCCC(=O)[C@H]1O[C@H]1C(=O)N(C)C. The third-order valence-corrected chi connectivity index (χ3v) is 2.27. The van der Waals surface area contributed by atoms with E-state index in [-0.39, 0.29) is 11.7 Å². The lowest BCUT2D eigenvalue weighted by atomic mass is 10.1. The predicted molar refractivity (Wildman–Crippen MR) is 51.9 cm³/mol. The zero-order valence-corrected chi connectivity index (χ0v) is 8.95. The molecule has 4 heteroatoms. The van der Waals surface area contributed by atoms with E-state index in [1.807, 2.05) is 6.92 Å². The summed E-state index contributed by atoms with van der Waals surface area (Å²) in [6.45, 7) is 2.03. The first kappa shape index (κ1) is 11.2. The van der Waals surface area contributed by atoms with Crippen molar-refractivity contribution < 1.29 is 14.3 Å². The van der Waals surface area contributed by atoms with E-state index in [0.29, 0.717) is 6.42 Å². The highest BCUT2D eigenvalue weighted by Gasteiger charge is 2.49. The Balaban J connectivity index is 2.31. The van der Waals surface area contributed by atoms with Crippen molar-refractivity contribution in [3.63, 3.8) is 0 Å². The van der Waals surface area contributed by atoms with Crippen LogP contribution in [-0.4, -0.2) is 42.9 Å². The Hall–Kier alpha value is -0.900. The van der Waals surface area contributed by atoms with Gasteiger partial charge in [0.2, 0.25) is 0 Å². The normalized spacial score (nSPS) is 24.5. The minimum absolute atomic E-state index is 0.0621. The van der Waals surface area contributed by atoms with Gasteiger partial charge in [0.15, 0.2) is 18.0 Å². The van der Waals surface area contributed by atoms with Crippen molar-refractivity contribution in [2.45, 2.75) is 38.4 Å². The van der Waals surface area contributed by atoms with E-state index in [1.165, 1.54) is 4.90 Å². The van der Waals surface area contributed by atoms with Crippen molar-refractivity contribution in [2.24, 2.45) is 0 Å². The van der Waals surface area contributed by atoms with Gasteiger partial charge in [0, 0.05) is 20.5 Å². The number of likely N-dealkylation sites (N-methyl/N-ethyl adjacent to an activating group) is 1. The lowest BCUT2D eigenvalue weighted by Crippen LogP contribution is -2.29. The van der Waals surface area contributed by atoms with Gasteiger partial charge in [-0.2, -0.15) is 0 Å². The van der Waals surface area contributed by atoms with Crippen molar-refractivity contribution >= 4 is 11.7 Å². The Labute approximate surface area is 84.2 Å². The number of hydrogen-bond acceptors (Lipinski definition) is 3. The van der Waals surface area contributed by atoms with E-state index in [0.717, 1.165) is 12.8 Å². The number of carbonyl (C=O) groups excluding carboxylic acids is 2. The van der Waals surface area contributed by atoms with Crippen LogP contribution in [0.5, 0.6) is 0 Å². The monoisotopic (exact) mass is 199 g/mol. The van der Waals surface area contributed by atoms with E-state index >= 15 is 0 Å². The first-order valence-corrected chi connectivity index (χ1v) is 4.97. The summed E-state index contributed by atoms with van der Waals surface area (Å²) in [5.41, 5.74) is 0. The number of ketones is 1. The predicted octanol–water partition coefficient (Wildman–Crippen LogP) is 0.601. The highest BCUT2D eigenvalue weighted by molar-refractivity contribution is 5.95. The van der Waals surface area contributed by atoms with Gasteiger partial charge in [-0.3, -0.25) is 9.59 Å². The average molecular weight is 199 g/mol. The van der Waals surface area contributed by atoms with Crippen molar-refractivity contribution in [2.75, 3.05) is 14.1 Å². The highest BCUT2D eigenvalue weighted by Crippen LogP contribution is 2.26. The summed E-state index contributed by atoms with van der Waals surface area (Å²) in [5.74, 6) is -0.0492. The molecule has 1 rings (SSSR count). The van der Waals surface area contributed by atoms with Crippen molar-refractivity contribution in [3.8, 4) is 0 Å². The molecule has 0 bridgehead atoms. The number of nitrogens with zero attached hydrogens (tertiary/aromatic N) is 1. The molecule has 1 aliphatic heterocycles. The van der Waals surface area contributed by atoms with Crippen LogP contribution in [0.25, 0.3) is 0 Å². The molecule has 0 aromatic carbocycles. The van der Waals surface area contributed by atoms with Crippen LogP contribution in [0.15, 0.2) is 0 Å². The first-order valence-electron chi connectivity index (χ1n) is 4.97. The van der Waals surface area contributed by atoms with Gasteiger partial charge in [-0.05, 0) is 6.42 Å². The van der Waals surface area contributed by atoms with E-state index in [9.17, 15) is 9.59 Å². The van der Waals surface area contributed by atoms with Crippen LogP contribution in [-0.2, 0) is 14.3 Å². The van der Waals surface area contributed by atoms with E-state index in [2.05, 4.69) is 0 Å². The minimum atomic E-state index is -0.505. The Kier molecular flexibility index (Phi) is 3.63. The van der Waals surface area contributed by atoms with Crippen molar-refractivity contribution in [1.29, 1.82) is 0 Å². The summed E-state index contributed by atoms with van der Waals surface area (Å²) in [6.07, 6.45) is 1.43. The molecular formula is C10H17NO3. The molecule has 1 heterocycles. The number of carbonyl (C=O) groups is 2. The molecular weight excluding hydrogens is 182 g/mol. The minimum Gasteiger partial charge on any atom is -0.351 e. The number of Topliss-reactive ketones (excluding diaryl/α,β-unsaturated/α-hetero) is 1. The molecule has 14 heavy (non-hydrogen) atoms. The number of rotatable bonds is 5. The third kappa shape index (κ3) is 2.54. The summed E-state index contributed by atoms with van der Waals surface area (Å²) < 4.78 is 5.06. The maximum atomic E-state index is 11.4. The molecule has 0 radical (unpaired) electrons. The van der Waals surface area contributed by atoms with E-state index in [1.54, 1.807) is 14.1 Å². The summed E-state index contributed by atoms with van der Waals surface area (Å²) >= 11 is 0. The lowest BCUT2D eigenvalue weighted by Gasteiger charge is -2.06. The largest absolute Gasteiger partial charge is 0.351 e. The zero-order valence-electron chi connectivity index (χ0n) is 8.95. The van der Waals surface area contributed by atoms with E-state index in [4.69, 9.17) is 4.74 Å². The van der Waals surface area contributed by atoms with Gasteiger partial charge in [-0.25, -0.2) is 0 Å². The highest BCUT2D eigenvalue weighted by atomic mass is 16.6. The molecule has 1 saturated heterocycles. The molecule has 1 fully saturated rings. The van der Waals surface area contributed by atoms with E-state index < -0.39 is 12.2 Å². The molecule has 0 aromatic heterocycles. The summed E-state index contributed by atoms with van der Waals surface area (Å²) in [5, 5.41) is 0. The Bertz CT molecular complexity index is 238. The number of unbranched alkanes of at least 4 members (excludes halogenated alkanes) is 1. The van der Waals surface area contributed by atoms with Crippen LogP contribution in [0.4, 0.5) is 0 Å². The fourth-order valence-electron chi connectivity index (χ4n) is 1.29. The zero-order chi connectivity index (χ0) is 10.7.